The average Bonchev–Trinajstić information content (AvgIpc) is 2.48. The zero-order valence-corrected chi connectivity index (χ0v) is 16.8. The molecule has 0 amide bonds. The molecule has 0 aliphatic rings. The zero-order chi connectivity index (χ0) is 15.1. The average molecular weight is 475 g/mol. The van der Waals surface area contributed by atoms with Gasteiger partial charge in [-0.1, -0.05) is 0 Å². The van der Waals surface area contributed by atoms with Crippen molar-refractivity contribution >= 4 is 3.07 Å². The molecule has 0 unspecified atom stereocenters. The van der Waals surface area contributed by atoms with E-state index in [1.807, 2.05) is 0 Å². The molecule has 110 valence electrons. The van der Waals surface area contributed by atoms with Gasteiger partial charge in [0.05, 0.1) is 45.0 Å². The van der Waals surface area contributed by atoms with E-state index in [2.05, 4.69) is 30.3 Å². The van der Waals surface area contributed by atoms with Crippen LogP contribution in [0.3, 0.4) is 0 Å². The first-order valence-electron chi connectivity index (χ1n) is 6.13. The second kappa shape index (κ2) is 15.3. The van der Waals surface area contributed by atoms with E-state index in [-0.39, 0.29) is 39.6 Å². The van der Waals surface area contributed by atoms with E-state index in [0.29, 0.717) is 5.39 Å². The third-order valence-corrected chi connectivity index (χ3v) is 3.54. The summed E-state index contributed by atoms with van der Waals surface area (Å²) in [6.07, 6.45) is 0. The van der Waals surface area contributed by atoms with E-state index in [0.717, 1.165) is 26.1 Å². The van der Waals surface area contributed by atoms with Crippen molar-refractivity contribution in [3.05, 3.63) is 30.3 Å². The molecular formula is C12H20HgNO6+. The fraction of sp³-hybridized carbons (Fsp3) is 0.500. The van der Waals surface area contributed by atoms with Crippen molar-refractivity contribution in [2.75, 3.05) is 39.6 Å². The second-order valence-corrected chi connectivity index (χ2v) is 6.55. The topological polar surface area (TPSA) is 91.6 Å². The summed E-state index contributed by atoms with van der Waals surface area (Å²) < 4.78 is 1.52. The number of benzene rings is 1. The van der Waals surface area contributed by atoms with Gasteiger partial charge in [-0.25, -0.2) is 14.5 Å². The molecule has 0 radical (unpaired) electrons. The van der Waals surface area contributed by atoms with E-state index >= 15 is 0 Å². The summed E-state index contributed by atoms with van der Waals surface area (Å²) in [6, 6.07) is 10.6. The maximum absolute atomic E-state index is 8.40. The molecule has 0 spiro atoms. The second-order valence-electron chi connectivity index (χ2n) is 3.38. The Hall–Kier alpha value is -0.125. The summed E-state index contributed by atoms with van der Waals surface area (Å²) in [7, 11) is 0. The van der Waals surface area contributed by atoms with Crippen molar-refractivity contribution in [2.45, 2.75) is 0 Å². The summed E-state index contributed by atoms with van der Waals surface area (Å²) in [5.41, 5.74) is 0. The number of aliphatic hydroxyl groups is 3. The number of hydrogen-bond acceptors (Lipinski definition) is 7. The van der Waals surface area contributed by atoms with E-state index in [9.17, 15) is 0 Å². The van der Waals surface area contributed by atoms with Gasteiger partial charge < -0.3 is 15.3 Å². The van der Waals surface area contributed by atoms with Crippen LogP contribution >= 0.6 is 0 Å². The molecule has 3 N–H and O–H groups in total. The molecule has 0 saturated carbocycles. The first-order valence-corrected chi connectivity index (χ1v) is 8.88. The van der Waals surface area contributed by atoms with Crippen molar-refractivity contribution in [3.63, 3.8) is 0 Å². The zero-order valence-electron chi connectivity index (χ0n) is 11.4. The number of nitrogens with zero attached hydrogens (tertiary/aromatic N) is 1. The van der Waals surface area contributed by atoms with Crippen LogP contribution in [0.15, 0.2) is 30.3 Å². The Kier molecular flexibility index (Phi) is 15.2. The van der Waals surface area contributed by atoms with Crippen molar-refractivity contribution < 1.29 is 56.0 Å². The molecule has 7 nitrogen and oxygen atoms in total. The number of rotatable bonds is 9. The van der Waals surface area contributed by atoms with E-state index < -0.39 is 0 Å². The van der Waals surface area contributed by atoms with E-state index in [1.165, 1.54) is 3.07 Å². The van der Waals surface area contributed by atoms with Gasteiger partial charge in [0.2, 0.25) is 0 Å². The number of hydrogen-bond donors (Lipinski definition) is 3. The molecule has 0 aromatic heterocycles. The van der Waals surface area contributed by atoms with Crippen molar-refractivity contribution in [1.82, 2.24) is 5.39 Å². The third-order valence-electron chi connectivity index (χ3n) is 1.71. The molecule has 1 rings (SSSR count). The fourth-order valence-corrected chi connectivity index (χ4v) is 1.99. The molecule has 0 fully saturated rings. The summed E-state index contributed by atoms with van der Waals surface area (Å²) in [5.74, 6) is 0. The van der Waals surface area contributed by atoms with Gasteiger partial charge in [0.15, 0.2) is 0 Å². The molecule has 0 bridgehead atoms. The Labute approximate surface area is 134 Å². The van der Waals surface area contributed by atoms with Crippen molar-refractivity contribution in [3.8, 4) is 0 Å². The SMILES string of the molecule is OCCON(OCCO)OCCO.[Hg+][c]1ccccc1. The van der Waals surface area contributed by atoms with Gasteiger partial charge >= 0.3 is 59.5 Å². The number of aliphatic hydroxyl groups excluding tert-OH is 3. The Balaban J connectivity index is 0.000000428. The van der Waals surface area contributed by atoms with Gasteiger partial charge in [-0.2, -0.15) is 0 Å². The molecule has 0 saturated heterocycles. The van der Waals surface area contributed by atoms with Gasteiger partial charge in [-0.3, -0.25) is 0 Å². The minimum absolute atomic E-state index is 0.0108. The third kappa shape index (κ3) is 12.9. The van der Waals surface area contributed by atoms with Gasteiger partial charge in [-0.15, -0.1) is 0 Å². The minimum atomic E-state index is -0.179. The van der Waals surface area contributed by atoms with Crippen LogP contribution in [0.5, 0.6) is 0 Å². The molecule has 1 aromatic rings. The Morgan fingerprint density at radius 2 is 1.20 bits per heavy atom. The van der Waals surface area contributed by atoms with Crippen LogP contribution in [0.4, 0.5) is 0 Å². The first kappa shape index (κ1) is 19.9. The van der Waals surface area contributed by atoms with Crippen LogP contribution in [0.2, 0.25) is 0 Å². The monoisotopic (exact) mass is 476 g/mol. The van der Waals surface area contributed by atoms with Crippen molar-refractivity contribution in [1.29, 1.82) is 0 Å². The molecular weight excluding hydrogens is 455 g/mol. The first-order chi connectivity index (χ1) is 9.74. The van der Waals surface area contributed by atoms with Crippen LogP contribution < -0.4 is 3.07 Å². The fourth-order valence-electron chi connectivity index (χ4n) is 0.936. The van der Waals surface area contributed by atoms with Crippen LogP contribution in [0.25, 0.3) is 0 Å². The normalized spacial score (nSPS) is 10.3. The van der Waals surface area contributed by atoms with Crippen LogP contribution in [-0.4, -0.2) is 60.4 Å². The van der Waals surface area contributed by atoms with Crippen LogP contribution in [0.1, 0.15) is 0 Å². The molecule has 8 heteroatoms. The molecule has 0 atom stereocenters. The van der Waals surface area contributed by atoms with Gasteiger partial charge in [-0.05, 0) is 0 Å². The Morgan fingerprint density at radius 3 is 1.45 bits per heavy atom. The van der Waals surface area contributed by atoms with Crippen LogP contribution in [0, 0.1) is 0 Å². The van der Waals surface area contributed by atoms with Gasteiger partial charge in [0.1, 0.15) is 0 Å². The molecule has 0 heterocycles. The Bertz CT molecular complexity index is 284. The van der Waals surface area contributed by atoms with E-state index in [1.54, 1.807) is 0 Å². The van der Waals surface area contributed by atoms with Crippen molar-refractivity contribution in [2.24, 2.45) is 0 Å². The van der Waals surface area contributed by atoms with Gasteiger partial charge in [0.25, 0.3) is 0 Å². The summed E-state index contributed by atoms with van der Waals surface area (Å²) in [5, 5.41) is 25.9. The summed E-state index contributed by atoms with van der Waals surface area (Å²) >= 11 is 0.810. The standard InChI is InChI=1S/C6H15NO6.C6H5.Hg/c8-1-4-11-7(12-5-2-9)13-6-3-10;1-2-4-6-5-3-1;/h8-10H,1-6H2;1-5H;/q;;+1. The maximum atomic E-state index is 8.40. The Morgan fingerprint density at radius 1 is 0.800 bits per heavy atom. The quantitative estimate of drug-likeness (QED) is 0.310. The van der Waals surface area contributed by atoms with Crippen LogP contribution in [-0.2, 0) is 40.6 Å². The molecule has 20 heavy (non-hydrogen) atoms. The van der Waals surface area contributed by atoms with Gasteiger partial charge in [0, 0.05) is 0 Å². The summed E-state index contributed by atoms with van der Waals surface area (Å²) in [6.45, 7) is -0.505. The predicted octanol–water partition coefficient (Wildman–Crippen LogP) is -1.08. The summed E-state index contributed by atoms with van der Waals surface area (Å²) in [4.78, 5) is 14.1. The predicted molar refractivity (Wildman–Crippen MR) is 67.0 cm³/mol. The molecule has 0 aliphatic heterocycles. The van der Waals surface area contributed by atoms with E-state index in [4.69, 9.17) is 29.8 Å². The molecule has 1 aromatic carbocycles. The molecule has 0 aliphatic carbocycles.